The van der Waals surface area contributed by atoms with E-state index >= 15 is 0 Å². The summed E-state index contributed by atoms with van der Waals surface area (Å²) in [6.07, 6.45) is 2.61. The molecular formula is C13H15N3OS. The number of rotatable bonds is 6. The van der Waals surface area contributed by atoms with E-state index in [4.69, 9.17) is 0 Å². The number of hydrogen-bond acceptors (Lipinski definition) is 4. The summed E-state index contributed by atoms with van der Waals surface area (Å²) in [6.45, 7) is 2.10. The van der Waals surface area contributed by atoms with Crippen molar-refractivity contribution in [1.29, 1.82) is 0 Å². The molecule has 1 aromatic heterocycles. The summed E-state index contributed by atoms with van der Waals surface area (Å²) in [4.78, 5) is 12.1. The average molecular weight is 261 g/mol. The molecule has 0 bridgehead atoms. The maximum absolute atomic E-state index is 12.1. The molecule has 2 aromatic rings. The molecule has 2 rings (SSSR count). The minimum atomic E-state index is 0.0716. The summed E-state index contributed by atoms with van der Waals surface area (Å²) < 4.78 is 1.59. The van der Waals surface area contributed by atoms with E-state index in [0.29, 0.717) is 11.4 Å². The molecule has 0 radical (unpaired) electrons. The van der Waals surface area contributed by atoms with E-state index in [1.165, 1.54) is 6.20 Å². The Kier molecular flexibility index (Phi) is 4.52. The lowest BCUT2D eigenvalue weighted by Gasteiger charge is -2.04. The van der Waals surface area contributed by atoms with Gasteiger partial charge < -0.3 is 0 Å². The quantitative estimate of drug-likeness (QED) is 0.592. The fraction of sp³-hybridized carbons (Fsp3) is 0.308. The van der Waals surface area contributed by atoms with E-state index in [1.54, 1.807) is 16.4 Å². The van der Waals surface area contributed by atoms with Gasteiger partial charge in [0.25, 0.3) is 0 Å². The molecule has 94 valence electrons. The first-order valence-corrected chi connectivity index (χ1v) is 7.05. The third kappa shape index (κ3) is 2.98. The number of Topliss-reactive ketones (excluding diaryl/α,β-unsaturated/α-hetero) is 1. The van der Waals surface area contributed by atoms with Crippen LogP contribution in [0.1, 0.15) is 23.8 Å². The van der Waals surface area contributed by atoms with Gasteiger partial charge in [-0.1, -0.05) is 30.3 Å². The molecule has 0 aliphatic carbocycles. The second-order valence-corrected chi connectivity index (χ2v) is 4.95. The maximum Gasteiger partial charge on any atom is 0.192 e. The minimum absolute atomic E-state index is 0.0716. The number of thioether (sulfide) groups is 1. The Morgan fingerprint density at radius 3 is 2.83 bits per heavy atom. The highest BCUT2D eigenvalue weighted by Crippen LogP contribution is 2.12. The summed E-state index contributed by atoms with van der Waals surface area (Å²) in [7, 11) is 0. The van der Waals surface area contributed by atoms with Gasteiger partial charge in [0.1, 0.15) is 5.69 Å². The summed E-state index contributed by atoms with van der Waals surface area (Å²) >= 11 is 1.65. The fourth-order valence-electron chi connectivity index (χ4n) is 1.57. The van der Waals surface area contributed by atoms with Crippen LogP contribution in [-0.2, 0) is 0 Å². The smallest absolute Gasteiger partial charge is 0.192 e. The maximum atomic E-state index is 12.1. The monoisotopic (exact) mass is 261 g/mol. The van der Waals surface area contributed by atoms with Gasteiger partial charge in [-0.25, -0.2) is 4.68 Å². The van der Waals surface area contributed by atoms with Crippen molar-refractivity contribution in [1.82, 2.24) is 15.0 Å². The molecule has 0 fully saturated rings. The van der Waals surface area contributed by atoms with Gasteiger partial charge in [0.2, 0.25) is 0 Å². The summed E-state index contributed by atoms with van der Waals surface area (Å²) in [6, 6.07) is 9.57. The Bertz CT molecular complexity index is 510. The van der Waals surface area contributed by atoms with Crippen molar-refractivity contribution in [2.45, 2.75) is 13.3 Å². The van der Waals surface area contributed by atoms with E-state index in [9.17, 15) is 4.79 Å². The lowest BCUT2D eigenvalue weighted by Crippen LogP contribution is -2.11. The average Bonchev–Trinajstić information content (AvgIpc) is 2.89. The third-order valence-corrected chi connectivity index (χ3v) is 3.58. The lowest BCUT2D eigenvalue weighted by molar-refractivity contribution is 0.101. The van der Waals surface area contributed by atoms with Crippen LogP contribution >= 0.6 is 11.8 Å². The van der Waals surface area contributed by atoms with E-state index in [-0.39, 0.29) is 5.78 Å². The summed E-state index contributed by atoms with van der Waals surface area (Å²) in [5, 5.41) is 7.80. The molecule has 5 heteroatoms. The molecule has 0 N–H and O–H groups in total. The predicted molar refractivity (Wildman–Crippen MR) is 73.3 cm³/mol. The van der Waals surface area contributed by atoms with Crippen LogP contribution in [0.5, 0.6) is 0 Å². The van der Waals surface area contributed by atoms with Gasteiger partial charge >= 0.3 is 0 Å². The number of ketones is 1. The normalized spacial score (nSPS) is 10.5. The summed E-state index contributed by atoms with van der Waals surface area (Å²) in [5.74, 6) is 1.55. The van der Waals surface area contributed by atoms with Crippen LogP contribution in [0.2, 0.25) is 0 Å². The van der Waals surface area contributed by atoms with Crippen molar-refractivity contribution in [2.24, 2.45) is 0 Å². The number of para-hydroxylation sites is 1. The van der Waals surface area contributed by atoms with Gasteiger partial charge in [0.05, 0.1) is 17.6 Å². The predicted octanol–water partition coefficient (Wildman–Crippen LogP) is 2.59. The van der Waals surface area contributed by atoms with Crippen LogP contribution in [0.4, 0.5) is 0 Å². The first kappa shape index (κ1) is 12.8. The Morgan fingerprint density at radius 2 is 2.11 bits per heavy atom. The third-order valence-electron chi connectivity index (χ3n) is 2.42. The number of hydrogen-bond donors (Lipinski definition) is 0. The van der Waals surface area contributed by atoms with Crippen LogP contribution < -0.4 is 0 Å². The second-order valence-electron chi connectivity index (χ2n) is 3.84. The second kappa shape index (κ2) is 6.35. The van der Waals surface area contributed by atoms with Gasteiger partial charge in [0, 0.05) is 0 Å². The first-order valence-electron chi connectivity index (χ1n) is 5.90. The molecule has 0 saturated heterocycles. The molecule has 0 aliphatic heterocycles. The van der Waals surface area contributed by atoms with Crippen molar-refractivity contribution in [3.05, 3.63) is 42.2 Å². The van der Waals surface area contributed by atoms with Crippen molar-refractivity contribution in [3.63, 3.8) is 0 Å². The molecule has 0 spiro atoms. The highest BCUT2D eigenvalue weighted by atomic mass is 32.2. The first-order chi connectivity index (χ1) is 8.83. The SMILES string of the molecule is CCCSCC(=O)c1cnnn1-c1ccccc1. The fourth-order valence-corrected chi connectivity index (χ4v) is 2.33. The number of benzene rings is 1. The number of carbonyl (C=O) groups excluding carboxylic acids is 1. The van der Waals surface area contributed by atoms with E-state index in [0.717, 1.165) is 17.9 Å². The molecule has 0 amide bonds. The largest absolute Gasteiger partial charge is 0.291 e. The topological polar surface area (TPSA) is 47.8 Å². The Hall–Kier alpha value is -1.62. The number of aromatic nitrogens is 3. The van der Waals surface area contributed by atoms with Crippen molar-refractivity contribution in [2.75, 3.05) is 11.5 Å². The zero-order valence-corrected chi connectivity index (χ0v) is 11.1. The molecule has 0 aliphatic rings. The molecule has 1 heterocycles. The highest BCUT2D eigenvalue weighted by molar-refractivity contribution is 7.99. The van der Waals surface area contributed by atoms with Crippen LogP contribution in [0.25, 0.3) is 5.69 Å². The van der Waals surface area contributed by atoms with Gasteiger partial charge in [0.15, 0.2) is 5.78 Å². The number of carbonyl (C=O) groups is 1. The standard InChI is InChI=1S/C13H15N3OS/c1-2-8-18-10-13(17)12-9-14-15-16(12)11-6-4-3-5-7-11/h3-7,9H,2,8,10H2,1H3. The zero-order valence-electron chi connectivity index (χ0n) is 10.2. The zero-order chi connectivity index (χ0) is 12.8. The van der Waals surface area contributed by atoms with Gasteiger partial charge in [-0.3, -0.25) is 4.79 Å². The van der Waals surface area contributed by atoms with Gasteiger partial charge in [-0.05, 0) is 24.3 Å². The molecule has 1 aromatic carbocycles. The summed E-state index contributed by atoms with van der Waals surface area (Å²) in [5.41, 5.74) is 1.41. The van der Waals surface area contributed by atoms with Crippen LogP contribution in [0, 0.1) is 0 Å². The molecule has 0 unspecified atom stereocenters. The molecule has 18 heavy (non-hydrogen) atoms. The van der Waals surface area contributed by atoms with Crippen LogP contribution in [-0.4, -0.2) is 32.3 Å². The van der Waals surface area contributed by atoms with Crippen LogP contribution in [0.15, 0.2) is 36.5 Å². The van der Waals surface area contributed by atoms with Crippen molar-refractivity contribution in [3.8, 4) is 5.69 Å². The number of nitrogens with zero attached hydrogens (tertiary/aromatic N) is 3. The lowest BCUT2D eigenvalue weighted by atomic mass is 10.3. The van der Waals surface area contributed by atoms with E-state index in [1.807, 2.05) is 30.3 Å². The molecular weight excluding hydrogens is 246 g/mol. The highest BCUT2D eigenvalue weighted by Gasteiger charge is 2.13. The molecule has 0 atom stereocenters. The Balaban J connectivity index is 2.15. The van der Waals surface area contributed by atoms with Gasteiger partial charge in [-0.2, -0.15) is 11.8 Å². The van der Waals surface area contributed by atoms with E-state index in [2.05, 4.69) is 17.2 Å². The van der Waals surface area contributed by atoms with Gasteiger partial charge in [-0.15, -0.1) is 5.10 Å². The molecule has 4 nitrogen and oxygen atoms in total. The van der Waals surface area contributed by atoms with Crippen molar-refractivity contribution < 1.29 is 4.79 Å². The van der Waals surface area contributed by atoms with Crippen molar-refractivity contribution >= 4 is 17.5 Å². The van der Waals surface area contributed by atoms with Crippen LogP contribution in [0.3, 0.4) is 0 Å². The Morgan fingerprint density at radius 1 is 1.33 bits per heavy atom. The molecule has 0 saturated carbocycles. The minimum Gasteiger partial charge on any atom is -0.291 e. The van der Waals surface area contributed by atoms with E-state index < -0.39 is 0 Å². The Labute approximate surface area is 110 Å².